The van der Waals surface area contributed by atoms with Crippen LogP contribution in [0.2, 0.25) is 0 Å². The highest BCUT2D eigenvalue weighted by molar-refractivity contribution is 8.04. The molecule has 0 aromatic rings. The van der Waals surface area contributed by atoms with Crippen molar-refractivity contribution in [1.29, 1.82) is 0 Å². The maximum atomic E-state index is 10.5. The minimum Gasteiger partial charge on any atom is -0.253 e. The van der Waals surface area contributed by atoms with E-state index in [0.717, 1.165) is 12.3 Å². The maximum Gasteiger partial charge on any atom is 0.379 e. The van der Waals surface area contributed by atoms with Crippen molar-refractivity contribution in [2.45, 2.75) is 0 Å². The molecule has 5 heteroatoms. The summed E-state index contributed by atoms with van der Waals surface area (Å²) in [6.07, 6.45) is 0. The summed E-state index contributed by atoms with van der Waals surface area (Å²) in [6, 6.07) is 0. The zero-order valence-corrected chi connectivity index (χ0v) is 5.08. The molecule has 1 aliphatic heterocycles. The smallest absolute Gasteiger partial charge is 0.253 e. The lowest BCUT2D eigenvalue weighted by atomic mass is 11.3. The summed E-state index contributed by atoms with van der Waals surface area (Å²) in [5.41, 5.74) is 0. The van der Waals surface area contributed by atoms with E-state index >= 15 is 0 Å². The van der Waals surface area contributed by atoms with Gasteiger partial charge in [0.15, 0.2) is 12.3 Å². The van der Waals surface area contributed by atoms with Gasteiger partial charge in [-0.2, -0.15) is 0 Å². The summed E-state index contributed by atoms with van der Waals surface area (Å²) < 4.78 is 19.3. The molecule has 1 saturated heterocycles. The van der Waals surface area contributed by atoms with Gasteiger partial charge in [-0.1, -0.05) is 6.58 Å². The monoisotopic (exact) mass is 138 g/mol. The van der Waals surface area contributed by atoms with Crippen molar-refractivity contribution in [3.63, 3.8) is 0 Å². The van der Waals surface area contributed by atoms with E-state index in [1.54, 1.807) is 0 Å². The Labute approximate surface area is 45.6 Å². The first-order valence-corrected chi connectivity index (χ1v) is 3.83. The molecule has 40 valence electrons. The molecular formula is C2H3O3PS. The van der Waals surface area contributed by atoms with Crippen LogP contribution in [-0.4, -0.2) is 0 Å². The molecule has 7 heavy (non-hydrogen) atoms. The summed E-state index contributed by atoms with van der Waals surface area (Å²) >= 11 is 0.734. The van der Waals surface area contributed by atoms with Crippen LogP contribution in [0.1, 0.15) is 0 Å². The number of hydrogen-bond donors (Lipinski definition) is 0. The molecule has 1 heterocycles. The van der Waals surface area contributed by atoms with Crippen LogP contribution in [0.3, 0.4) is 0 Å². The van der Waals surface area contributed by atoms with Gasteiger partial charge in [0.05, 0.1) is 0 Å². The average molecular weight is 138 g/mol. The fourth-order valence-corrected chi connectivity index (χ4v) is 1.36. The van der Waals surface area contributed by atoms with Gasteiger partial charge in [-0.25, -0.2) is 7.94 Å². The normalized spacial score (nSPS) is 25.7. The van der Waals surface area contributed by atoms with Crippen LogP contribution < -0.4 is 0 Å². The third kappa shape index (κ3) is 0.888. The first-order chi connectivity index (χ1) is 3.27. The first kappa shape index (κ1) is 5.38. The maximum absolute atomic E-state index is 10.5. The molecule has 0 radical (unpaired) electrons. The van der Waals surface area contributed by atoms with E-state index in [-0.39, 0.29) is 0 Å². The Morgan fingerprint density at radius 3 is 2.29 bits per heavy atom. The van der Waals surface area contributed by atoms with Crippen LogP contribution >= 0.6 is 19.9 Å². The van der Waals surface area contributed by atoms with Gasteiger partial charge in [0.1, 0.15) is 0 Å². The molecule has 1 fully saturated rings. The minimum absolute atomic E-state index is 0.734. The predicted octanol–water partition coefficient (Wildman–Crippen LogP) is 1.93. The molecule has 0 bridgehead atoms. The zero-order valence-electron chi connectivity index (χ0n) is 3.36. The number of rotatable bonds is 1. The largest absolute Gasteiger partial charge is 0.379 e. The fraction of sp³-hybridized carbons (Fsp3) is 0. The standard InChI is InChI=1S/C2H3O3PS/c1-2-6(3)4-7-5-6/h2H,1H2. The molecule has 0 aliphatic carbocycles. The Kier molecular flexibility index (Phi) is 1.26. The van der Waals surface area contributed by atoms with Gasteiger partial charge < -0.3 is 0 Å². The molecule has 0 atom stereocenters. The minimum atomic E-state index is -2.75. The lowest BCUT2D eigenvalue weighted by molar-refractivity contribution is 0.376. The van der Waals surface area contributed by atoms with E-state index in [1.165, 1.54) is 5.82 Å². The van der Waals surface area contributed by atoms with Crippen molar-refractivity contribution in [2.75, 3.05) is 0 Å². The Morgan fingerprint density at radius 2 is 2.29 bits per heavy atom. The van der Waals surface area contributed by atoms with E-state index in [2.05, 4.69) is 14.5 Å². The Morgan fingerprint density at radius 1 is 1.71 bits per heavy atom. The molecule has 3 nitrogen and oxygen atoms in total. The molecule has 0 amide bonds. The fourth-order valence-electron chi connectivity index (χ4n) is 0.151. The summed E-state index contributed by atoms with van der Waals surface area (Å²) in [4.78, 5) is 0. The van der Waals surface area contributed by atoms with Gasteiger partial charge in [-0.05, 0) is 0 Å². The third-order valence-electron chi connectivity index (χ3n) is 0.492. The Balaban J connectivity index is 2.61. The van der Waals surface area contributed by atoms with Crippen LogP contribution in [0.4, 0.5) is 0 Å². The highest BCUT2D eigenvalue weighted by atomic mass is 32.2. The summed E-state index contributed by atoms with van der Waals surface area (Å²) in [7, 11) is -2.75. The van der Waals surface area contributed by atoms with Crippen molar-refractivity contribution in [2.24, 2.45) is 0 Å². The molecule has 0 aromatic carbocycles. The van der Waals surface area contributed by atoms with Crippen LogP contribution in [0.15, 0.2) is 12.4 Å². The third-order valence-corrected chi connectivity index (χ3v) is 3.09. The molecule has 0 saturated carbocycles. The topological polar surface area (TPSA) is 35.5 Å². The second kappa shape index (κ2) is 1.63. The van der Waals surface area contributed by atoms with Gasteiger partial charge in [0.25, 0.3) is 0 Å². The second-order valence-electron chi connectivity index (χ2n) is 0.940. The van der Waals surface area contributed by atoms with E-state index in [4.69, 9.17) is 0 Å². The Hall–Kier alpha value is 0.240. The summed E-state index contributed by atoms with van der Waals surface area (Å²) in [6.45, 7) is 3.23. The second-order valence-corrected chi connectivity index (χ2v) is 3.71. The van der Waals surface area contributed by atoms with Gasteiger partial charge >= 0.3 is 7.60 Å². The highest BCUT2D eigenvalue weighted by Gasteiger charge is 2.32. The van der Waals surface area contributed by atoms with Gasteiger partial charge in [-0.3, -0.25) is 4.57 Å². The molecule has 0 aromatic heterocycles. The average Bonchev–Trinajstić information content (AvgIpc) is 1.61. The summed E-state index contributed by atoms with van der Waals surface area (Å²) in [5.74, 6) is 1.17. The highest BCUT2D eigenvalue weighted by Crippen LogP contribution is 2.65. The van der Waals surface area contributed by atoms with E-state index < -0.39 is 7.60 Å². The van der Waals surface area contributed by atoms with Crippen molar-refractivity contribution >= 4 is 19.9 Å². The molecule has 0 spiro atoms. The predicted molar refractivity (Wildman–Crippen MR) is 27.6 cm³/mol. The van der Waals surface area contributed by atoms with Gasteiger partial charge in [-0.15, -0.1) is 0 Å². The van der Waals surface area contributed by atoms with Gasteiger partial charge in [0.2, 0.25) is 0 Å². The zero-order chi connectivity index (χ0) is 5.33. The lowest BCUT2D eigenvalue weighted by Gasteiger charge is -2.18. The molecular weight excluding hydrogens is 135 g/mol. The van der Waals surface area contributed by atoms with Crippen LogP contribution in [0.25, 0.3) is 0 Å². The van der Waals surface area contributed by atoms with Crippen LogP contribution in [0, 0.1) is 0 Å². The van der Waals surface area contributed by atoms with Crippen molar-refractivity contribution in [1.82, 2.24) is 0 Å². The van der Waals surface area contributed by atoms with E-state index in [9.17, 15) is 4.57 Å². The SMILES string of the molecule is C=CP1(=O)OSO1. The lowest BCUT2D eigenvalue weighted by Crippen LogP contribution is -1.89. The van der Waals surface area contributed by atoms with Gasteiger partial charge in [0, 0.05) is 5.82 Å². The summed E-state index contributed by atoms with van der Waals surface area (Å²) in [5, 5.41) is 0. The first-order valence-electron chi connectivity index (χ1n) is 1.55. The van der Waals surface area contributed by atoms with Crippen molar-refractivity contribution in [3.05, 3.63) is 12.4 Å². The molecule has 1 aliphatic rings. The Bertz CT molecular complexity index is 125. The van der Waals surface area contributed by atoms with E-state index in [0.29, 0.717) is 0 Å². The molecule has 0 N–H and O–H groups in total. The van der Waals surface area contributed by atoms with Crippen LogP contribution in [-0.2, 0) is 12.5 Å². The number of hydrogen-bond acceptors (Lipinski definition) is 4. The van der Waals surface area contributed by atoms with Crippen molar-refractivity contribution in [3.8, 4) is 0 Å². The van der Waals surface area contributed by atoms with Crippen LogP contribution in [0.5, 0.6) is 0 Å². The molecule has 1 rings (SSSR count). The van der Waals surface area contributed by atoms with E-state index in [1.807, 2.05) is 0 Å². The van der Waals surface area contributed by atoms with Crippen molar-refractivity contribution < 1.29 is 12.5 Å². The quantitative estimate of drug-likeness (QED) is 0.409. The molecule has 0 unspecified atom stereocenters.